The number of aromatic nitrogens is 2. The summed E-state index contributed by atoms with van der Waals surface area (Å²) in [5, 5.41) is 18.5. The second kappa shape index (κ2) is 10.0. The summed E-state index contributed by atoms with van der Waals surface area (Å²) in [5.41, 5.74) is 1.31. The molecule has 2 aromatic carbocycles. The monoisotopic (exact) mass is 473 g/mol. The lowest BCUT2D eigenvalue weighted by atomic mass is 10.0. The SMILES string of the molecule is CCN(CC)N(c1cc(=O)c1=O)C(Cc1ccc(Nc2nc(C)cc3ccncc23)cc1)C(=O)O. The maximum Gasteiger partial charge on any atom is 0.328 e. The van der Waals surface area contributed by atoms with Crippen LogP contribution in [0.4, 0.5) is 17.2 Å². The molecule has 0 aliphatic carbocycles. The van der Waals surface area contributed by atoms with E-state index in [1.54, 1.807) is 17.4 Å². The summed E-state index contributed by atoms with van der Waals surface area (Å²) in [6, 6.07) is 11.5. The normalized spacial score (nSPS) is 12.2. The first-order valence-corrected chi connectivity index (χ1v) is 11.5. The average molecular weight is 474 g/mol. The highest BCUT2D eigenvalue weighted by molar-refractivity contribution is 5.92. The van der Waals surface area contributed by atoms with Gasteiger partial charge in [-0.1, -0.05) is 26.0 Å². The Hall–Kier alpha value is -4.11. The van der Waals surface area contributed by atoms with Gasteiger partial charge in [-0.05, 0) is 42.1 Å². The number of carboxylic acids is 1. The van der Waals surface area contributed by atoms with Gasteiger partial charge < -0.3 is 10.4 Å². The molecule has 2 N–H and O–H groups in total. The van der Waals surface area contributed by atoms with Gasteiger partial charge in [0.25, 0.3) is 0 Å². The predicted octanol–water partition coefficient (Wildman–Crippen LogP) is 3.04. The molecule has 0 radical (unpaired) electrons. The Kier molecular flexibility index (Phi) is 6.88. The van der Waals surface area contributed by atoms with E-state index < -0.39 is 22.9 Å². The Morgan fingerprint density at radius 2 is 1.80 bits per heavy atom. The summed E-state index contributed by atoms with van der Waals surface area (Å²) in [5.74, 6) is -0.382. The number of nitrogens with zero attached hydrogens (tertiary/aromatic N) is 4. The van der Waals surface area contributed by atoms with Crippen molar-refractivity contribution < 1.29 is 9.90 Å². The van der Waals surface area contributed by atoms with Crippen LogP contribution in [0, 0.1) is 6.92 Å². The van der Waals surface area contributed by atoms with Gasteiger partial charge in [-0.2, -0.15) is 0 Å². The summed E-state index contributed by atoms with van der Waals surface area (Å²) in [6.07, 6.45) is 3.66. The lowest BCUT2D eigenvalue weighted by molar-refractivity contribution is -0.139. The van der Waals surface area contributed by atoms with E-state index >= 15 is 0 Å². The van der Waals surface area contributed by atoms with E-state index in [4.69, 9.17) is 0 Å². The first-order chi connectivity index (χ1) is 16.8. The molecule has 0 saturated carbocycles. The number of rotatable bonds is 10. The zero-order valence-corrected chi connectivity index (χ0v) is 19.9. The molecule has 2 heterocycles. The van der Waals surface area contributed by atoms with Gasteiger partial charge in [0.15, 0.2) is 0 Å². The van der Waals surface area contributed by atoms with Gasteiger partial charge in [0.1, 0.15) is 17.5 Å². The van der Waals surface area contributed by atoms with Crippen LogP contribution in [0.1, 0.15) is 25.1 Å². The smallest absolute Gasteiger partial charge is 0.328 e. The molecule has 0 fully saturated rings. The molecule has 180 valence electrons. The quantitative estimate of drug-likeness (QED) is 0.265. The number of anilines is 3. The van der Waals surface area contributed by atoms with Crippen LogP contribution < -0.4 is 21.2 Å². The second-order valence-corrected chi connectivity index (χ2v) is 8.30. The number of pyridine rings is 2. The summed E-state index contributed by atoms with van der Waals surface area (Å²) >= 11 is 0. The van der Waals surface area contributed by atoms with Gasteiger partial charge in [0.05, 0.1) is 0 Å². The molecule has 9 heteroatoms. The second-order valence-electron chi connectivity index (χ2n) is 8.30. The third-order valence-corrected chi connectivity index (χ3v) is 5.99. The molecular weight excluding hydrogens is 446 g/mol. The van der Waals surface area contributed by atoms with Crippen molar-refractivity contribution in [3.05, 3.63) is 86.6 Å². The van der Waals surface area contributed by atoms with Crippen molar-refractivity contribution in [2.75, 3.05) is 23.4 Å². The van der Waals surface area contributed by atoms with Crippen molar-refractivity contribution in [1.82, 2.24) is 15.0 Å². The number of aryl methyl sites for hydroxylation is 1. The number of benzene rings is 1. The molecule has 2 aromatic heterocycles. The summed E-state index contributed by atoms with van der Waals surface area (Å²) in [7, 11) is 0. The van der Waals surface area contributed by atoms with Crippen LogP contribution >= 0.6 is 0 Å². The third-order valence-electron chi connectivity index (χ3n) is 5.99. The first-order valence-electron chi connectivity index (χ1n) is 11.5. The van der Waals surface area contributed by atoms with Gasteiger partial charge in [-0.3, -0.25) is 19.6 Å². The fourth-order valence-corrected chi connectivity index (χ4v) is 4.20. The topological polar surface area (TPSA) is 116 Å². The van der Waals surface area contributed by atoms with Crippen LogP contribution in [0.25, 0.3) is 10.8 Å². The lowest BCUT2D eigenvalue weighted by Gasteiger charge is -2.39. The molecule has 9 nitrogen and oxygen atoms in total. The number of carbonyl (C=O) groups is 1. The molecule has 0 spiro atoms. The number of hydrogen-bond acceptors (Lipinski definition) is 8. The van der Waals surface area contributed by atoms with E-state index in [0.717, 1.165) is 27.7 Å². The minimum Gasteiger partial charge on any atom is -0.480 e. The number of hydrazine groups is 1. The van der Waals surface area contributed by atoms with Gasteiger partial charge in [0, 0.05) is 54.7 Å². The fraction of sp³-hybridized carbons (Fsp3) is 0.269. The standard InChI is InChI=1S/C26H27N5O4/c1-4-30(5-2)31(21-14-23(32)24(21)33)22(26(34)35)13-17-6-8-19(9-7-17)29-25-20-15-27-11-10-18(20)12-16(3)28-25/h6-12,14-15,22H,4-5,13H2,1-3H3,(H,28,29)(H,34,35). The molecular formula is C26H27N5O4. The molecule has 4 aromatic rings. The van der Waals surface area contributed by atoms with Crippen molar-refractivity contribution in [2.24, 2.45) is 0 Å². The highest BCUT2D eigenvalue weighted by Crippen LogP contribution is 2.26. The molecule has 0 saturated heterocycles. The Balaban J connectivity index is 1.59. The van der Waals surface area contributed by atoms with Crippen molar-refractivity contribution in [3.63, 3.8) is 0 Å². The molecule has 0 aliphatic heterocycles. The van der Waals surface area contributed by atoms with E-state index in [9.17, 15) is 19.5 Å². The third kappa shape index (κ3) is 4.90. The Labute approximate surface area is 202 Å². The molecule has 35 heavy (non-hydrogen) atoms. The zero-order valence-electron chi connectivity index (χ0n) is 19.9. The van der Waals surface area contributed by atoms with Crippen LogP contribution in [-0.2, 0) is 11.2 Å². The van der Waals surface area contributed by atoms with Crippen LogP contribution in [0.2, 0.25) is 0 Å². The van der Waals surface area contributed by atoms with Gasteiger partial charge >= 0.3 is 5.97 Å². The highest BCUT2D eigenvalue weighted by atomic mass is 16.4. The minimum absolute atomic E-state index is 0.121. The van der Waals surface area contributed by atoms with Gasteiger partial charge in [-0.25, -0.2) is 14.8 Å². The molecule has 0 bridgehead atoms. The summed E-state index contributed by atoms with van der Waals surface area (Å²) < 4.78 is 0. The zero-order chi connectivity index (χ0) is 25.1. The van der Waals surface area contributed by atoms with E-state index in [2.05, 4.69) is 15.3 Å². The van der Waals surface area contributed by atoms with Crippen LogP contribution in [0.3, 0.4) is 0 Å². The first kappa shape index (κ1) is 24.0. The van der Waals surface area contributed by atoms with Crippen molar-refractivity contribution in [3.8, 4) is 0 Å². The van der Waals surface area contributed by atoms with Crippen LogP contribution in [-0.4, -0.2) is 45.2 Å². The Morgan fingerprint density at radius 1 is 1.09 bits per heavy atom. The number of hydrogen-bond donors (Lipinski definition) is 2. The average Bonchev–Trinajstić information content (AvgIpc) is 2.85. The maximum absolute atomic E-state index is 12.3. The number of carboxylic acid groups (broad SMARTS) is 1. The van der Waals surface area contributed by atoms with E-state index in [-0.39, 0.29) is 12.1 Å². The maximum atomic E-state index is 12.3. The van der Waals surface area contributed by atoms with Gasteiger partial charge in [-0.15, -0.1) is 0 Å². The van der Waals surface area contributed by atoms with Crippen LogP contribution in [0.5, 0.6) is 0 Å². The summed E-state index contributed by atoms with van der Waals surface area (Å²) in [4.78, 5) is 44.8. The summed E-state index contributed by atoms with van der Waals surface area (Å²) in [6.45, 7) is 6.67. The van der Waals surface area contributed by atoms with E-state index in [1.165, 1.54) is 11.1 Å². The van der Waals surface area contributed by atoms with E-state index in [0.29, 0.717) is 18.9 Å². The van der Waals surface area contributed by atoms with E-state index in [1.807, 2.05) is 57.2 Å². The molecule has 0 amide bonds. The number of aliphatic carboxylic acids is 1. The largest absolute Gasteiger partial charge is 0.480 e. The highest BCUT2D eigenvalue weighted by Gasteiger charge is 2.33. The molecule has 4 rings (SSSR count). The molecule has 1 atom stereocenters. The Morgan fingerprint density at radius 3 is 2.40 bits per heavy atom. The lowest BCUT2D eigenvalue weighted by Crippen LogP contribution is -2.57. The Bertz CT molecular complexity index is 1420. The number of nitrogens with one attached hydrogen (secondary N) is 1. The fourth-order valence-electron chi connectivity index (χ4n) is 4.20. The molecule has 0 aliphatic rings. The molecule has 1 unspecified atom stereocenters. The predicted molar refractivity (Wildman–Crippen MR) is 136 cm³/mol. The van der Waals surface area contributed by atoms with Crippen molar-refractivity contribution >= 4 is 33.9 Å². The van der Waals surface area contributed by atoms with Gasteiger partial charge in [0.2, 0.25) is 10.9 Å². The number of fused-ring (bicyclic) bond motifs is 1. The van der Waals surface area contributed by atoms with Crippen LogP contribution in [0.15, 0.2) is 64.4 Å². The minimum atomic E-state index is -1.07. The van der Waals surface area contributed by atoms with Crippen molar-refractivity contribution in [1.29, 1.82) is 0 Å². The van der Waals surface area contributed by atoms with Crippen molar-refractivity contribution in [2.45, 2.75) is 33.2 Å².